The molecule has 0 radical (unpaired) electrons. The van der Waals surface area contributed by atoms with Gasteiger partial charge < -0.3 is 9.73 Å². The standard InChI is InChI=1S/C21H17BrN2O2S/c22-17-9-7-16(8-10-17)19-12-11-18(26-19)14-23-21(27)24-20(25)13-6-15-4-2-1-3-5-15/h1-13H,14H2,(H2,23,24,25,27)/b13-6+. The Labute approximate surface area is 171 Å². The Bertz CT molecular complexity index is 950. The number of thiocarbonyl (C=S) groups is 1. The van der Waals surface area contributed by atoms with E-state index in [0.29, 0.717) is 6.54 Å². The Kier molecular flexibility index (Phi) is 6.57. The summed E-state index contributed by atoms with van der Waals surface area (Å²) >= 11 is 8.56. The minimum atomic E-state index is -0.286. The van der Waals surface area contributed by atoms with E-state index in [-0.39, 0.29) is 11.0 Å². The first-order valence-electron chi connectivity index (χ1n) is 8.27. The number of carbonyl (C=O) groups is 1. The maximum Gasteiger partial charge on any atom is 0.250 e. The second-order valence-electron chi connectivity index (χ2n) is 5.69. The number of amides is 1. The van der Waals surface area contributed by atoms with Crippen molar-refractivity contribution in [2.75, 3.05) is 0 Å². The van der Waals surface area contributed by atoms with Gasteiger partial charge in [-0.25, -0.2) is 0 Å². The first-order chi connectivity index (χ1) is 13.1. The fourth-order valence-corrected chi connectivity index (χ4v) is 2.78. The monoisotopic (exact) mass is 440 g/mol. The molecule has 3 aromatic rings. The zero-order valence-corrected chi connectivity index (χ0v) is 16.7. The summed E-state index contributed by atoms with van der Waals surface area (Å²) in [6.45, 7) is 0.387. The van der Waals surface area contributed by atoms with Crippen LogP contribution >= 0.6 is 28.1 Å². The molecule has 0 fully saturated rings. The van der Waals surface area contributed by atoms with Crippen LogP contribution in [0.4, 0.5) is 0 Å². The van der Waals surface area contributed by atoms with Crippen molar-refractivity contribution < 1.29 is 9.21 Å². The third-order valence-corrected chi connectivity index (χ3v) is 4.45. The molecule has 0 aliphatic rings. The van der Waals surface area contributed by atoms with Crippen molar-refractivity contribution in [2.45, 2.75) is 6.54 Å². The van der Waals surface area contributed by atoms with Crippen LogP contribution in [-0.4, -0.2) is 11.0 Å². The van der Waals surface area contributed by atoms with E-state index in [4.69, 9.17) is 16.6 Å². The van der Waals surface area contributed by atoms with E-state index in [0.717, 1.165) is 27.1 Å². The molecule has 1 heterocycles. The average Bonchev–Trinajstić information content (AvgIpc) is 3.15. The molecule has 2 aromatic carbocycles. The minimum absolute atomic E-state index is 0.249. The molecule has 0 unspecified atom stereocenters. The van der Waals surface area contributed by atoms with Crippen molar-refractivity contribution in [1.82, 2.24) is 10.6 Å². The fourth-order valence-electron chi connectivity index (χ4n) is 2.34. The summed E-state index contributed by atoms with van der Waals surface area (Å²) in [6, 6.07) is 21.2. The molecule has 0 bridgehead atoms. The molecular formula is C21H17BrN2O2S. The summed E-state index contributed by atoms with van der Waals surface area (Å²) < 4.78 is 6.82. The van der Waals surface area contributed by atoms with E-state index in [2.05, 4.69) is 26.6 Å². The largest absolute Gasteiger partial charge is 0.459 e. The lowest BCUT2D eigenvalue weighted by atomic mass is 10.2. The molecule has 0 saturated carbocycles. The maximum absolute atomic E-state index is 11.9. The van der Waals surface area contributed by atoms with Crippen molar-refractivity contribution in [2.24, 2.45) is 0 Å². The number of benzene rings is 2. The third kappa shape index (κ3) is 5.91. The van der Waals surface area contributed by atoms with Gasteiger partial charge in [-0.3, -0.25) is 10.1 Å². The first kappa shape index (κ1) is 19.1. The number of furan rings is 1. The number of halogens is 1. The number of carbonyl (C=O) groups excluding carboxylic acids is 1. The van der Waals surface area contributed by atoms with Gasteiger partial charge in [0.1, 0.15) is 11.5 Å². The van der Waals surface area contributed by atoms with Gasteiger partial charge in [0.05, 0.1) is 6.54 Å². The number of rotatable bonds is 5. The highest BCUT2D eigenvalue weighted by atomic mass is 79.9. The lowest BCUT2D eigenvalue weighted by molar-refractivity contribution is -0.115. The van der Waals surface area contributed by atoms with Gasteiger partial charge >= 0.3 is 0 Å². The van der Waals surface area contributed by atoms with Crippen molar-refractivity contribution in [3.63, 3.8) is 0 Å². The van der Waals surface area contributed by atoms with E-state index >= 15 is 0 Å². The predicted octanol–water partition coefficient (Wildman–Crippen LogP) is 4.91. The summed E-state index contributed by atoms with van der Waals surface area (Å²) in [6.07, 6.45) is 3.18. The number of hydrogen-bond acceptors (Lipinski definition) is 3. The van der Waals surface area contributed by atoms with E-state index in [1.54, 1.807) is 6.08 Å². The van der Waals surface area contributed by atoms with Gasteiger partial charge in [0.15, 0.2) is 5.11 Å². The number of hydrogen-bond donors (Lipinski definition) is 2. The molecule has 3 rings (SSSR count). The highest BCUT2D eigenvalue weighted by molar-refractivity contribution is 9.10. The van der Waals surface area contributed by atoms with Crippen LogP contribution in [0, 0.1) is 0 Å². The Morgan fingerprint density at radius 3 is 2.52 bits per heavy atom. The zero-order chi connectivity index (χ0) is 19.1. The molecule has 0 aliphatic heterocycles. The third-order valence-electron chi connectivity index (χ3n) is 3.68. The molecule has 6 heteroatoms. The zero-order valence-electron chi connectivity index (χ0n) is 14.3. The van der Waals surface area contributed by atoms with Crippen molar-refractivity contribution in [1.29, 1.82) is 0 Å². The van der Waals surface area contributed by atoms with Crippen LogP contribution in [0.1, 0.15) is 11.3 Å². The van der Waals surface area contributed by atoms with Crippen molar-refractivity contribution >= 4 is 45.2 Å². The van der Waals surface area contributed by atoms with E-state index in [9.17, 15) is 4.79 Å². The molecule has 27 heavy (non-hydrogen) atoms. The molecule has 0 saturated heterocycles. The fraction of sp³-hybridized carbons (Fsp3) is 0.0476. The maximum atomic E-state index is 11.9. The van der Waals surface area contributed by atoms with Crippen LogP contribution in [0.5, 0.6) is 0 Å². The lowest BCUT2D eigenvalue weighted by Crippen LogP contribution is -2.37. The topological polar surface area (TPSA) is 54.3 Å². The Hall–Kier alpha value is -2.70. The number of nitrogens with one attached hydrogen (secondary N) is 2. The van der Waals surface area contributed by atoms with Crippen molar-refractivity contribution in [3.05, 3.63) is 88.6 Å². The molecule has 136 valence electrons. The van der Waals surface area contributed by atoms with Crippen LogP contribution < -0.4 is 10.6 Å². The van der Waals surface area contributed by atoms with E-state index in [1.807, 2.05) is 66.7 Å². The second-order valence-corrected chi connectivity index (χ2v) is 7.01. The highest BCUT2D eigenvalue weighted by Gasteiger charge is 2.06. The van der Waals surface area contributed by atoms with Crippen LogP contribution in [0.15, 0.2) is 81.7 Å². The van der Waals surface area contributed by atoms with Gasteiger partial charge in [0, 0.05) is 16.1 Å². The van der Waals surface area contributed by atoms with Crippen LogP contribution in [0.2, 0.25) is 0 Å². The van der Waals surface area contributed by atoms with Crippen LogP contribution in [-0.2, 0) is 11.3 Å². The summed E-state index contributed by atoms with van der Waals surface area (Å²) in [7, 11) is 0. The summed E-state index contributed by atoms with van der Waals surface area (Å²) in [4.78, 5) is 11.9. The van der Waals surface area contributed by atoms with Crippen molar-refractivity contribution in [3.8, 4) is 11.3 Å². The normalized spacial score (nSPS) is 10.7. The first-order valence-corrected chi connectivity index (χ1v) is 9.47. The van der Waals surface area contributed by atoms with E-state index < -0.39 is 0 Å². The Balaban J connectivity index is 1.48. The van der Waals surface area contributed by atoms with Gasteiger partial charge in [-0.05, 0) is 48.1 Å². The Morgan fingerprint density at radius 1 is 1.04 bits per heavy atom. The summed E-state index contributed by atoms with van der Waals surface area (Å²) in [5, 5.41) is 5.83. The van der Waals surface area contributed by atoms with Gasteiger partial charge in [0.25, 0.3) is 0 Å². The smallest absolute Gasteiger partial charge is 0.250 e. The summed E-state index contributed by atoms with van der Waals surface area (Å²) in [5.74, 6) is 1.22. The van der Waals surface area contributed by atoms with E-state index in [1.165, 1.54) is 6.08 Å². The molecule has 0 atom stereocenters. The van der Waals surface area contributed by atoms with Crippen LogP contribution in [0.3, 0.4) is 0 Å². The lowest BCUT2D eigenvalue weighted by Gasteiger charge is -2.06. The van der Waals surface area contributed by atoms with Gasteiger partial charge in [-0.15, -0.1) is 0 Å². The summed E-state index contributed by atoms with van der Waals surface area (Å²) in [5.41, 5.74) is 1.94. The second kappa shape index (κ2) is 9.30. The molecule has 0 spiro atoms. The average molecular weight is 441 g/mol. The minimum Gasteiger partial charge on any atom is -0.459 e. The van der Waals surface area contributed by atoms with Crippen LogP contribution in [0.25, 0.3) is 17.4 Å². The SMILES string of the molecule is O=C(/C=C/c1ccccc1)NC(=S)NCc1ccc(-c2ccc(Br)cc2)o1. The molecule has 0 aliphatic carbocycles. The molecule has 4 nitrogen and oxygen atoms in total. The molecular weight excluding hydrogens is 424 g/mol. The Morgan fingerprint density at radius 2 is 1.78 bits per heavy atom. The van der Waals surface area contributed by atoms with Gasteiger partial charge in [-0.2, -0.15) is 0 Å². The van der Waals surface area contributed by atoms with Gasteiger partial charge in [0.2, 0.25) is 5.91 Å². The molecule has 1 amide bonds. The van der Waals surface area contributed by atoms with Gasteiger partial charge in [-0.1, -0.05) is 58.4 Å². The predicted molar refractivity (Wildman–Crippen MR) is 115 cm³/mol. The highest BCUT2D eigenvalue weighted by Crippen LogP contribution is 2.23. The quantitative estimate of drug-likeness (QED) is 0.436. The molecule has 1 aromatic heterocycles. The molecule has 2 N–H and O–H groups in total.